The van der Waals surface area contributed by atoms with Crippen LogP contribution in [-0.2, 0) is 21.5 Å². The van der Waals surface area contributed by atoms with Gasteiger partial charge in [-0.25, -0.2) is 8.78 Å². The van der Waals surface area contributed by atoms with E-state index >= 15 is 8.78 Å². The van der Waals surface area contributed by atoms with E-state index in [0.29, 0.717) is 34.3 Å². The summed E-state index contributed by atoms with van der Waals surface area (Å²) in [6, 6.07) is 17.6. The van der Waals surface area contributed by atoms with Gasteiger partial charge < -0.3 is 14.6 Å². The average molecular weight is 927 g/mol. The van der Waals surface area contributed by atoms with Crippen LogP contribution >= 0.6 is 58.0 Å². The lowest BCUT2D eigenvalue weighted by atomic mass is 9.81. The fraction of sp³-hybridized carbons (Fsp3) is 0.385. The molecule has 0 unspecified atom stereocenters. The molecular weight excluding hydrogens is 883 g/mol. The van der Waals surface area contributed by atoms with Crippen molar-refractivity contribution in [3.63, 3.8) is 0 Å². The molecule has 1 N–H and O–H groups in total. The van der Waals surface area contributed by atoms with Crippen molar-refractivity contribution in [2.75, 3.05) is 25.2 Å². The Balaban J connectivity index is 1.53. The Morgan fingerprint density at radius 2 is 1.87 bits per heavy atom. The van der Waals surface area contributed by atoms with E-state index in [4.69, 9.17) is 14.6 Å². The van der Waals surface area contributed by atoms with Crippen LogP contribution in [0.15, 0.2) is 77.5 Å². The first-order valence-corrected chi connectivity index (χ1v) is 22.2. The molecule has 0 aliphatic rings. The minimum Gasteiger partial charge on any atom is -0.469 e. The van der Waals surface area contributed by atoms with E-state index in [9.17, 15) is 9.90 Å². The van der Waals surface area contributed by atoms with Crippen molar-refractivity contribution < 1.29 is 28.2 Å². The lowest BCUT2D eigenvalue weighted by Crippen LogP contribution is -2.34. The number of aliphatic hydroxyl groups excluding tert-OH is 1. The smallest absolute Gasteiger partial charge is 0.308 e. The summed E-state index contributed by atoms with van der Waals surface area (Å²) in [5.41, 5.74) is 2.79. The molecule has 2 aromatic heterocycles. The van der Waals surface area contributed by atoms with Gasteiger partial charge in [-0.15, -0.1) is 0 Å². The highest BCUT2D eigenvalue weighted by Gasteiger charge is 2.34. The molecule has 2 atom stereocenters. The molecular formula is C39H43BrF2IN3O4S2. The Morgan fingerprint density at radius 1 is 1.08 bits per heavy atom. The molecule has 0 spiro atoms. The molecule has 13 heteroatoms. The van der Waals surface area contributed by atoms with Crippen LogP contribution in [0, 0.1) is 23.0 Å². The van der Waals surface area contributed by atoms with Crippen LogP contribution in [0.3, 0.4) is 0 Å². The van der Waals surface area contributed by atoms with E-state index in [1.54, 1.807) is 30.1 Å². The number of hydrogen-bond donors (Lipinski definition) is 1. The first-order chi connectivity index (χ1) is 24.8. The highest BCUT2D eigenvalue weighted by molar-refractivity contribution is 14.2. The number of carbonyl (C=O) groups excluding carboxylic acids is 1. The fourth-order valence-electron chi connectivity index (χ4n) is 6.54. The number of halogens is 4. The van der Waals surface area contributed by atoms with E-state index < -0.39 is 17.2 Å². The van der Waals surface area contributed by atoms with Crippen LogP contribution in [0.25, 0.3) is 22.2 Å². The molecule has 278 valence electrons. The number of ether oxygens (including phenoxy) is 2. The highest BCUT2D eigenvalue weighted by atomic mass is 127. The maximum atomic E-state index is 15.9. The molecule has 0 amide bonds. The molecule has 2 heterocycles. The maximum absolute atomic E-state index is 15.9. The topological polar surface area (TPSA) is 78.5 Å². The molecule has 5 rings (SSSR count). The van der Waals surface area contributed by atoms with Crippen molar-refractivity contribution in [1.29, 1.82) is 0 Å². The molecule has 3 aromatic carbocycles. The number of aliphatic hydroxyl groups is 1. The van der Waals surface area contributed by atoms with Crippen molar-refractivity contribution in [3.8, 4) is 22.8 Å². The third kappa shape index (κ3) is 9.19. The monoisotopic (exact) mass is 925 g/mol. The summed E-state index contributed by atoms with van der Waals surface area (Å²) in [6.45, 7) is 8.59. The van der Waals surface area contributed by atoms with Gasteiger partial charge in [-0.3, -0.25) is 13.4 Å². The highest BCUT2D eigenvalue weighted by Crippen LogP contribution is 2.43. The second-order valence-corrected chi connectivity index (χ2v) is 17.5. The van der Waals surface area contributed by atoms with Crippen LogP contribution in [-0.4, -0.2) is 50.1 Å². The van der Waals surface area contributed by atoms with Crippen LogP contribution in [0.4, 0.5) is 8.78 Å². The zero-order valence-corrected chi connectivity index (χ0v) is 35.2. The summed E-state index contributed by atoms with van der Waals surface area (Å²) in [4.78, 5) is 12.3. The second kappa shape index (κ2) is 17.7. The lowest BCUT2D eigenvalue weighted by Gasteiger charge is -2.35. The first kappa shape index (κ1) is 40.6. The largest absolute Gasteiger partial charge is 0.469 e. The number of hydrogen-bond acceptors (Lipinski definition) is 7. The van der Waals surface area contributed by atoms with Crippen LogP contribution in [0.5, 0.6) is 11.5 Å². The van der Waals surface area contributed by atoms with Crippen LogP contribution < -0.4 is 4.74 Å². The first-order valence-electron chi connectivity index (χ1n) is 17.0. The van der Waals surface area contributed by atoms with Crippen molar-refractivity contribution in [3.05, 3.63) is 100 Å². The van der Waals surface area contributed by atoms with Gasteiger partial charge in [-0.2, -0.15) is 16.9 Å². The van der Waals surface area contributed by atoms with Crippen LogP contribution in [0.2, 0.25) is 0 Å². The number of carbonyl (C=O) groups is 1. The molecule has 0 aliphatic heterocycles. The minimum atomic E-state index is -0.717. The van der Waals surface area contributed by atoms with Gasteiger partial charge in [0, 0.05) is 65.5 Å². The van der Waals surface area contributed by atoms with E-state index in [0.717, 1.165) is 35.1 Å². The summed E-state index contributed by atoms with van der Waals surface area (Å²) in [5.74, 6) is 0.293. The zero-order valence-electron chi connectivity index (χ0n) is 29.8. The number of rotatable bonds is 17. The molecule has 0 fully saturated rings. The summed E-state index contributed by atoms with van der Waals surface area (Å²) >= 11 is 7.42. The van der Waals surface area contributed by atoms with Crippen LogP contribution in [0.1, 0.15) is 58.1 Å². The van der Waals surface area contributed by atoms with Crippen molar-refractivity contribution in [2.24, 2.45) is 11.3 Å². The molecule has 5 aromatic rings. The molecule has 0 aliphatic carbocycles. The minimum absolute atomic E-state index is 0.0115. The molecule has 0 bridgehead atoms. The lowest BCUT2D eigenvalue weighted by molar-refractivity contribution is -0.144. The van der Waals surface area contributed by atoms with E-state index in [-0.39, 0.29) is 41.0 Å². The number of aromatic nitrogens is 3. The molecule has 0 radical (unpaired) electrons. The van der Waals surface area contributed by atoms with E-state index in [1.165, 1.54) is 34.4 Å². The van der Waals surface area contributed by atoms with E-state index in [1.807, 2.05) is 40.0 Å². The van der Waals surface area contributed by atoms with Gasteiger partial charge in [0.05, 0.1) is 40.9 Å². The van der Waals surface area contributed by atoms with Gasteiger partial charge in [-0.05, 0) is 94.7 Å². The summed E-state index contributed by atoms with van der Waals surface area (Å²) in [6.07, 6.45) is 6.50. The Labute approximate surface area is 333 Å². The summed E-state index contributed by atoms with van der Waals surface area (Å²) < 4.78 is 46.7. The Kier molecular flexibility index (Phi) is 13.8. The quantitative estimate of drug-likeness (QED) is 0.0565. The SMILES string of the molecule is COC(=O)[C@H](C)Cc1cccc([C@@](C)(CCCC(C)(C)CSCCO)n2nccc2-c2cc(Oc3c(F)cc4c(ccn4SI)c3Br)ccc2F)c1. The van der Waals surface area contributed by atoms with Gasteiger partial charge in [0.25, 0.3) is 0 Å². The molecule has 7 nitrogen and oxygen atoms in total. The molecule has 52 heavy (non-hydrogen) atoms. The molecule has 0 saturated carbocycles. The summed E-state index contributed by atoms with van der Waals surface area (Å²) in [7, 11) is 2.83. The Bertz CT molecular complexity index is 2020. The second-order valence-electron chi connectivity index (χ2n) is 13.9. The standard InChI is InChI=1S/C39H43BrF2IN3O4S2/c1-25(37(48)49-5)20-26-8-6-9-27(21-26)39(4,15-7-14-38(2,3)24-51-19-18-47)46-33(12-16-44-46)30-22-28(10-11-31(30)41)50-36-32(42)23-34-29(35(36)40)13-17-45(34)52-43/h6,8-13,16-17,21-23,25,47H,7,14-15,18-20,24H2,1-5H3/t25-,39-/m1/s1. The van der Waals surface area contributed by atoms with E-state index in [2.05, 4.69) is 70.0 Å². The predicted molar refractivity (Wildman–Crippen MR) is 220 cm³/mol. The van der Waals surface area contributed by atoms with Gasteiger partial charge in [0.2, 0.25) is 0 Å². The number of nitrogens with zero attached hydrogens (tertiary/aromatic N) is 3. The van der Waals surface area contributed by atoms with Gasteiger partial charge in [0.15, 0.2) is 11.6 Å². The number of methoxy groups -OCH3 is 1. The van der Waals surface area contributed by atoms with Gasteiger partial charge >= 0.3 is 5.97 Å². The zero-order chi connectivity index (χ0) is 37.6. The fourth-order valence-corrected chi connectivity index (χ4v) is 9.48. The number of esters is 1. The number of thioether (sulfide) groups is 1. The van der Waals surface area contributed by atoms with Crippen molar-refractivity contribution in [1.82, 2.24) is 13.8 Å². The summed E-state index contributed by atoms with van der Waals surface area (Å²) in [5, 5.41) is 14.9. The predicted octanol–water partition coefficient (Wildman–Crippen LogP) is 11.2. The Morgan fingerprint density at radius 3 is 2.60 bits per heavy atom. The maximum Gasteiger partial charge on any atom is 0.308 e. The average Bonchev–Trinajstić information content (AvgIpc) is 3.78. The normalized spacial score (nSPS) is 13.7. The molecule has 0 saturated heterocycles. The van der Waals surface area contributed by atoms with Gasteiger partial charge in [0.1, 0.15) is 11.6 Å². The number of fused-ring (bicyclic) bond motifs is 1. The van der Waals surface area contributed by atoms with Gasteiger partial charge in [-0.1, -0.05) is 51.5 Å². The van der Waals surface area contributed by atoms with Crippen molar-refractivity contribution in [2.45, 2.75) is 58.9 Å². The third-order valence-corrected chi connectivity index (χ3v) is 13.3. The van der Waals surface area contributed by atoms with Crippen molar-refractivity contribution >= 4 is 74.9 Å². The third-order valence-electron chi connectivity index (χ3n) is 9.36. The number of benzene rings is 3. The Hall–Kier alpha value is -2.59.